The van der Waals surface area contributed by atoms with E-state index >= 15 is 0 Å². The van der Waals surface area contributed by atoms with Gasteiger partial charge in [0.15, 0.2) is 5.78 Å². The lowest BCUT2D eigenvalue weighted by atomic mass is 10.0. The van der Waals surface area contributed by atoms with E-state index in [-0.39, 0.29) is 12.2 Å². The number of hydrogen-bond acceptors (Lipinski definition) is 4. The zero-order valence-electron chi connectivity index (χ0n) is 11.8. The zero-order valence-corrected chi connectivity index (χ0v) is 11.8. The van der Waals surface area contributed by atoms with Crippen molar-refractivity contribution in [3.8, 4) is 0 Å². The summed E-state index contributed by atoms with van der Waals surface area (Å²) < 4.78 is 4.54. The van der Waals surface area contributed by atoms with E-state index in [4.69, 9.17) is 0 Å². The maximum atomic E-state index is 12.1. The Morgan fingerprint density at radius 2 is 1.79 bits per heavy atom. The summed E-state index contributed by atoms with van der Waals surface area (Å²) in [6.07, 6.45) is -0.203. The molecule has 4 nitrogen and oxygen atoms in total. The third-order valence-electron chi connectivity index (χ3n) is 3.14. The largest absolute Gasteiger partial charge is 0.469 e. The van der Waals surface area contributed by atoms with Crippen LogP contribution in [0, 0.1) is 0 Å². The van der Waals surface area contributed by atoms with Crippen molar-refractivity contribution in [3.05, 3.63) is 35.4 Å². The summed E-state index contributed by atoms with van der Waals surface area (Å²) in [7, 11) is 1.29. The number of carbonyl (C=O) groups is 2. The van der Waals surface area contributed by atoms with Crippen LogP contribution in [0.1, 0.15) is 36.2 Å². The highest BCUT2D eigenvalue weighted by Crippen LogP contribution is 2.14. The first-order valence-electron chi connectivity index (χ1n) is 6.52. The maximum absolute atomic E-state index is 12.1. The number of ether oxygens (including phenoxy) is 1. The Morgan fingerprint density at radius 3 is 2.37 bits per heavy atom. The van der Waals surface area contributed by atoms with Crippen LogP contribution in [0.4, 0.5) is 0 Å². The van der Waals surface area contributed by atoms with Gasteiger partial charge >= 0.3 is 5.97 Å². The Kier molecular flexibility index (Phi) is 6.22. The monoisotopic (exact) mass is 263 g/mol. The SMILES string of the molecule is CCN(CC)Cc1ccccc1C(=O)CC(=O)OC. The fourth-order valence-electron chi connectivity index (χ4n) is 1.92. The molecule has 0 radical (unpaired) electrons. The molecule has 1 rings (SSSR count). The van der Waals surface area contributed by atoms with Crippen LogP contribution in [-0.4, -0.2) is 36.9 Å². The summed E-state index contributed by atoms with van der Waals surface area (Å²) in [4.78, 5) is 25.5. The number of nitrogens with zero attached hydrogens (tertiary/aromatic N) is 1. The molecule has 1 aromatic rings. The minimum absolute atomic E-state index is 0.186. The normalized spacial score (nSPS) is 10.5. The molecular formula is C15H21NO3. The molecule has 0 aliphatic rings. The van der Waals surface area contributed by atoms with Crippen LogP contribution in [0.3, 0.4) is 0 Å². The van der Waals surface area contributed by atoms with E-state index in [2.05, 4.69) is 23.5 Å². The predicted molar refractivity (Wildman–Crippen MR) is 74.0 cm³/mol. The first-order valence-corrected chi connectivity index (χ1v) is 6.52. The zero-order chi connectivity index (χ0) is 14.3. The number of carbonyl (C=O) groups excluding carboxylic acids is 2. The summed E-state index contributed by atoms with van der Waals surface area (Å²) in [6, 6.07) is 7.43. The second-order valence-corrected chi connectivity index (χ2v) is 4.29. The fraction of sp³-hybridized carbons (Fsp3) is 0.467. The van der Waals surface area contributed by atoms with Gasteiger partial charge in [-0.15, -0.1) is 0 Å². The molecule has 0 aromatic heterocycles. The molecule has 104 valence electrons. The number of ketones is 1. The lowest BCUT2D eigenvalue weighted by molar-refractivity contribution is -0.139. The first-order chi connectivity index (χ1) is 9.12. The van der Waals surface area contributed by atoms with Crippen LogP contribution in [0.15, 0.2) is 24.3 Å². The number of benzene rings is 1. The van der Waals surface area contributed by atoms with E-state index in [1.165, 1.54) is 7.11 Å². The Morgan fingerprint density at radius 1 is 1.16 bits per heavy atom. The van der Waals surface area contributed by atoms with Gasteiger partial charge in [0.2, 0.25) is 0 Å². The van der Waals surface area contributed by atoms with Gasteiger partial charge in [0.25, 0.3) is 0 Å². The molecule has 0 unspecified atom stereocenters. The molecule has 0 fully saturated rings. The molecule has 0 heterocycles. The minimum atomic E-state index is -0.498. The van der Waals surface area contributed by atoms with Gasteiger partial charge in [0.05, 0.1) is 7.11 Å². The topological polar surface area (TPSA) is 46.6 Å². The maximum Gasteiger partial charge on any atom is 0.313 e. The van der Waals surface area contributed by atoms with Crippen LogP contribution >= 0.6 is 0 Å². The van der Waals surface area contributed by atoms with E-state index < -0.39 is 5.97 Å². The molecule has 0 saturated carbocycles. The average molecular weight is 263 g/mol. The lowest BCUT2D eigenvalue weighted by Gasteiger charge is -2.19. The van der Waals surface area contributed by atoms with Crippen molar-refractivity contribution in [1.29, 1.82) is 0 Å². The van der Waals surface area contributed by atoms with Crippen LogP contribution in [-0.2, 0) is 16.1 Å². The summed E-state index contributed by atoms with van der Waals surface area (Å²) in [5, 5.41) is 0. The van der Waals surface area contributed by atoms with Crippen LogP contribution in [0.25, 0.3) is 0 Å². The van der Waals surface area contributed by atoms with Gasteiger partial charge in [0, 0.05) is 12.1 Å². The number of esters is 1. The molecule has 0 aliphatic carbocycles. The highest BCUT2D eigenvalue weighted by molar-refractivity contribution is 6.06. The molecule has 1 aromatic carbocycles. The van der Waals surface area contributed by atoms with Crippen molar-refractivity contribution < 1.29 is 14.3 Å². The van der Waals surface area contributed by atoms with Crippen LogP contribution in [0.5, 0.6) is 0 Å². The molecule has 0 bridgehead atoms. The van der Waals surface area contributed by atoms with Gasteiger partial charge in [-0.1, -0.05) is 38.1 Å². The van der Waals surface area contributed by atoms with Crippen LogP contribution < -0.4 is 0 Å². The fourth-order valence-corrected chi connectivity index (χ4v) is 1.92. The standard InChI is InChI=1S/C15H21NO3/c1-4-16(5-2)11-12-8-6-7-9-13(12)14(17)10-15(18)19-3/h6-9H,4-5,10-11H2,1-3H3. The Labute approximate surface area is 114 Å². The molecule has 0 aliphatic heterocycles. The van der Waals surface area contributed by atoms with Gasteiger partial charge in [0.1, 0.15) is 6.42 Å². The molecule has 0 N–H and O–H groups in total. The van der Waals surface area contributed by atoms with Gasteiger partial charge in [-0.25, -0.2) is 0 Å². The van der Waals surface area contributed by atoms with Crippen molar-refractivity contribution in [2.24, 2.45) is 0 Å². The average Bonchev–Trinajstić information content (AvgIpc) is 2.44. The third kappa shape index (κ3) is 4.48. The Bertz CT molecular complexity index is 439. The van der Waals surface area contributed by atoms with Gasteiger partial charge in [-0.2, -0.15) is 0 Å². The molecule has 19 heavy (non-hydrogen) atoms. The quantitative estimate of drug-likeness (QED) is 0.430. The van der Waals surface area contributed by atoms with Gasteiger partial charge in [-0.3, -0.25) is 14.5 Å². The van der Waals surface area contributed by atoms with E-state index in [1.807, 2.05) is 18.2 Å². The van der Waals surface area contributed by atoms with Gasteiger partial charge < -0.3 is 4.74 Å². The molecule has 0 amide bonds. The molecule has 0 spiro atoms. The highest BCUT2D eigenvalue weighted by atomic mass is 16.5. The van der Waals surface area contributed by atoms with E-state index in [9.17, 15) is 9.59 Å². The highest BCUT2D eigenvalue weighted by Gasteiger charge is 2.16. The molecule has 0 saturated heterocycles. The Hall–Kier alpha value is -1.68. The van der Waals surface area contributed by atoms with Crippen molar-refractivity contribution in [2.45, 2.75) is 26.8 Å². The van der Waals surface area contributed by atoms with Crippen LogP contribution in [0.2, 0.25) is 0 Å². The van der Waals surface area contributed by atoms with E-state index in [1.54, 1.807) is 6.07 Å². The third-order valence-corrected chi connectivity index (χ3v) is 3.14. The summed E-state index contributed by atoms with van der Waals surface area (Å²) >= 11 is 0. The van der Waals surface area contributed by atoms with Gasteiger partial charge in [-0.05, 0) is 18.7 Å². The molecular weight excluding hydrogens is 242 g/mol. The van der Waals surface area contributed by atoms with Crippen molar-refractivity contribution in [3.63, 3.8) is 0 Å². The van der Waals surface area contributed by atoms with Crippen molar-refractivity contribution in [1.82, 2.24) is 4.90 Å². The number of rotatable bonds is 7. The summed E-state index contributed by atoms with van der Waals surface area (Å²) in [6.45, 7) is 6.74. The number of hydrogen-bond donors (Lipinski definition) is 0. The smallest absolute Gasteiger partial charge is 0.313 e. The van der Waals surface area contributed by atoms with Crippen molar-refractivity contribution in [2.75, 3.05) is 20.2 Å². The number of methoxy groups -OCH3 is 1. The lowest BCUT2D eigenvalue weighted by Crippen LogP contribution is -2.23. The van der Waals surface area contributed by atoms with E-state index in [0.717, 1.165) is 25.2 Å². The summed E-state index contributed by atoms with van der Waals surface area (Å²) in [5.41, 5.74) is 1.57. The molecule has 0 atom stereocenters. The van der Waals surface area contributed by atoms with Crippen molar-refractivity contribution >= 4 is 11.8 Å². The number of Topliss-reactive ketones (excluding diaryl/α,β-unsaturated/α-hetero) is 1. The predicted octanol–water partition coefficient (Wildman–Crippen LogP) is 2.27. The first kappa shape index (κ1) is 15.4. The Balaban J connectivity index is 2.89. The summed E-state index contributed by atoms with van der Waals surface area (Å²) in [5.74, 6) is -0.683. The second kappa shape index (κ2) is 7.69. The van der Waals surface area contributed by atoms with E-state index in [0.29, 0.717) is 5.56 Å². The second-order valence-electron chi connectivity index (χ2n) is 4.29. The minimum Gasteiger partial charge on any atom is -0.469 e. The molecule has 4 heteroatoms.